The van der Waals surface area contributed by atoms with Crippen LogP contribution in [0.25, 0.3) is 0 Å². The minimum absolute atomic E-state index is 0.0591. The second kappa shape index (κ2) is 6.34. The molecular formula is C23H22N2O. The lowest BCUT2D eigenvalue weighted by molar-refractivity contribution is 0.0993. The molecular weight excluding hydrogens is 320 g/mol. The van der Waals surface area contributed by atoms with Gasteiger partial charge in [0.15, 0.2) is 0 Å². The molecule has 0 saturated heterocycles. The van der Waals surface area contributed by atoms with E-state index < -0.39 is 0 Å². The number of anilines is 2. The van der Waals surface area contributed by atoms with Crippen LogP contribution in [0.4, 0.5) is 11.4 Å². The molecule has 3 aromatic carbocycles. The van der Waals surface area contributed by atoms with Crippen molar-refractivity contribution in [2.45, 2.75) is 13.0 Å². The van der Waals surface area contributed by atoms with E-state index >= 15 is 0 Å². The van der Waals surface area contributed by atoms with Gasteiger partial charge in [-0.3, -0.25) is 9.69 Å². The summed E-state index contributed by atoms with van der Waals surface area (Å²) < 4.78 is 0. The van der Waals surface area contributed by atoms with E-state index in [2.05, 4.69) is 54.3 Å². The topological polar surface area (TPSA) is 23.6 Å². The van der Waals surface area contributed by atoms with Crippen molar-refractivity contribution < 1.29 is 4.79 Å². The Balaban J connectivity index is 1.83. The Kier molecular flexibility index (Phi) is 4.00. The second-order valence-corrected chi connectivity index (χ2v) is 6.99. The van der Waals surface area contributed by atoms with Crippen LogP contribution in [0.5, 0.6) is 0 Å². The third kappa shape index (κ3) is 2.66. The molecule has 26 heavy (non-hydrogen) atoms. The van der Waals surface area contributed by atoms with Crippen LogP contribution in [-0.4, -0.2) is 20.0 Å². The van der Waals surface area contributed by atoms with Gasteiger partial charge in [0.05, 0.1) is 6.04 Å². The van der Waals surface area contributed by atoms with Crippen molar-refractivity contribution in [2.24, 2.45) is 0 Å². The fourth-order valence-electron chi connectivity index (χ4n) is 3.57. The number of amides is 1. The number of fused-ring (bicyclic) bond motifs is 1. The molecule has 1 amide bonds. The maximum Gasteiger partial charge on any atom is 0.259 e. The molecule has 4 rings (SSSR count). The first-order valence-corrected chi connectivity index (χ1v) is 8.83. The van der Waals surface area contributed by atoms with Gasteiger partial charge in [-0.05, 0) is 48.4 Å². The highest BCUT2D eigenvalue weighted by Gasteiger charge is 2.38. The predicted molar refractivity (Wildman–Crippen MR) is 107 cm³/mol. The summed E-state index contributed by atoms with van der Waals surface area (Å²) in [6.45, 7) is 2.08. The molecule has 0 fully saturated rings. The normalized spacial score (nSPS) is 15.9. The highest BCUT2D eigenvalue weighted by atomic mass is 16.2. The molecule has 0 N–H and O–H groups in total. The Hall–Kier alpha value is -3.07. The molecule has 0 radical (unpaired) electrons. The van der Waals surface area contributed by atoms with Crippen LogP contribution in [0.15, 0.2) is 72.8 Å². The van der Waals surface area contributed by atoms with Crippen molar-refractivity contribution in [1.29, 1.82) is 0 Å². The Labute approximate surface area is 154 Å². The van der Waals surface area contributed by atoms with E-state index in [1.165, 1.54) is 5.56 Å². The van der Waals surface area contributed by atoms with Crippen molar-refractivity contribution in [3.8, 4) is 0 Å². The lowest BCUT2D eigenvalue weighted by Crippen LogP contribution is -2.28. The first-order chi connectivity index (χ1) is 12.6. The van der Waals surface area contributed by atoms with Gasteiger partial charge in [0.25, 0.3) is 5.91 Å². The summed E-state index contributed by atoms with van der Waals surface area (Å²) in [7, 11) is 4.03. The molecule has 1 atom stereocenters. The van der Waals surface area contributed by atoms with E-state index in [1.54, 1.807) is 0 Å². The summed E-state index contributed by atoms with van der Waals surface area (Å²) in [4.78, 5) is 17.2. The van der Waals surface area contributed by atoms with E-state index in [1.807, 2.05) is 49.3 Å². The number of hydrogen-bond acceptors (Lipinski definition) is 2. The Morgan fingerprint density at radius 3 is 2.15 bits per heavy atom. The first-order valence-electron chi connectivity index (χ1n) is 8.83. The smallest absolute Gasteiger partial charge is 0.259 e. The zero-order valence-corrected chi connectivity index (χ0v) is 15.3. The van der Waals surface area contributed by atoms with Crippen LogP contribution in [0, 0.1) is 6.92 Å². The number of hydrogen-bond donors (Lipinski definition) is 0. The summed E-state index contributed by atoms with van der Waals surface area (Å²) in [5.74, 6) is 0.0591. The fraction of sp³-hybridized carbons (Fsp3) is 0.174. The van der Waals surface area contributed by atoms with Gasteiger partial charge >= 0.3 is 0 Å². The maximum atomic E-state index is 13.2. The monoisotopic (exact) mass is 342 g/mol. The molecule has 1 aliphatic rings. The first kappa shape index (κ1) is 16.4. The van der Waals surface area contributed by atoms with Gasteiger partial charge in [-0.2, -0.15) is 0 Å². The van der Waals surface area contributed by atoms with Crippen LogP contribution < -0.4 is 9.80 Å². The van der Waals surface area contributed by atoms with Crippen molar-refractivity contribution in [3.63, 3.8) is 0 Å². The quantitative estimate of drug-likeness (QED) is 0.682. The Morgan fingerprint density at radius 1 is 0.846 bits per heavy atom. The SMILES string of the molecule is Cc1ccc([C@@H]2c3ccccc3C(=O)N2c2ccc(N(C)C)cc2)cc1. The average Bonchev–Trinajstić information content (AvgIpc) is 2.95. The molecule has 3 nitrogen and oxygen atoms in total. The standard InChI is InChI=1S/C23H22N2O/c1-16-8-10-17(11-9-16)22-20-6-4-5-7-21(20)23(26)25(22)19-14-12-18(13-15-19)24(2)3/h4-15,22H,1-3H3/t22-/m1/s1. The molecule has 3 heteroatoms. The van der Waals surface area contributed by atoms with E-state index in [0.717, 1.165) is 28.1 Å². The average molecular weight is 342 g/mol. The van der Waals surface area contributed by atoms with Gasteiger partial charge in [0.1, 0.15) is 0 Å². The molecule has 3 aromatic rings. The summed E-state index contributed by atoms with van der Waals surface area (Å²) in [5.41, 5.74) is 6.24. The van der Waals surface area contributed by atoms with Crippen molar-refractivity contribution in [2.75, 3.05) is 23.9 Å². The molecule has 130 valence electrons. The van der Waals surface area contributed by atoms with Crippen LogP contribution in [0.2, 0.25) is 0 Å². The van der Waals surface area contributed by atoms with Gasteiger partial charge in [-0.15, -0.1) is 0 Å². The van der Waals surface area contributed by atoms with E-state index in [4.69, 9.17) is 0 Å². The molecule has 0 spiro atoms. The number of carbonyl (C=O) groups is 1. The summed E-state index contributed by atoms with van der Waals surface area (Å²) in [6, 6.07) is 24.4. The minimum atomic E-state index is -0.0930. The van der Waals surface area contributed by atoms with Crippen LogP contribution in [0.3, 0.4) is 0 Å². The van der Waals surface area contributed by atoms with E-state index in [-0.39, 0.29) is 11.9 Å². The Bertz CT molecular complexity index is 943. The second-order valence-electron chi connectivity index (χ2n) is 6.99. The lowest BCUT2D eigenvalue weighted by atomic mass is 9.97. The lowest BCUT2D eigenvalue weighted by Gasteiger charge is -2.26. The van der Waals surface area contributed by atoms with Crippen LogP contribution in [0.1, 0.15) is 33.1 Å². The summed E-state index contributed by atoms with van der Waals surface area (Å²) in [5, 5.41) is 0. The molecule has 0 unspecified atom stereocenters. The van der Waals surface area contributed by atoms with Crippen molar-refractivity contribution in [3.05, 3.63) is 95.1 Å². The zero-order chi connectivity index (χ0) is 18.3. The van der Waals surface area contributed by atoms with Gasteiger partial charge in [-0.25, -0.2) is 0 Å². The molecule has 0 aliphatic carbocycles. The third-order valence-electron chi connectivity index (χ3n) is 5.00. The third-order valence-corrected chi connectivity index (χ3v) is 5.00. The van der Waals surface area contributed by atoms with E-state index in [9.17, 15) is 4.79 Å². The minimum Gasteiger partial charge on any atom is -0.378 e. The highest BCUT2D eigenvalue weighted by Crippen LogP contribution is 2.41. The van der Waals surface area contributed by atoms with E-state index in [0.29, 0.717) is 0 Å². The van der Waals surface area contributed by atoms with Gasteiger partial charge in [-0.1, -0.05) is 48.0 Å². The molecule has 0 aromatic heterocycles. The summed E-state index contributed by atoms with van der Waals surface area (Å²) >= 11 is 0. The zero-order valence-electron chi connectivity index (χ0n) is 15.3. The number of carbonyl (C=O) groups excluding carboxylic acids is 1. The number of benzene rings is 3. The molecule has 1 aliphatic heterocycles. The van der Waals surface area contributed by atoms with Crippen LogP contribution in [-0.2, 0) is 0 Å². The van der Waals surface area contributed by atoms with Crippen molar-refractivity contribution >= 4 is 17.3 Å². The molecule has 0 saturated carbocycles. The van der Waals surface area contributed by atoms with Gasteiger partial charge < -0.3 is 4.90 Å². The predicted octanol–water partition coefficient (Wildman–Crippen LogP) is 4.81. The van der Waals surface area contributed by atoms with Crippen molar-refractivity contribution in [1.82, 2.24) is 0 Å². The molecule has 0 bridgehead atoms. The number of rotatable bonds is 3. The highest BCUT2D eigenvalue weighted by molar-refractivity contribution is 6.11. The molecule has 1 heterocycles. The van der Waals surface area contributed by atoms with Gasteiger partial charge in [0.2, 0.25) is 0 Å². The fourth-order valence-corrected chi connectivity index (χ4v) is 3.57. The Morgan fingerprint density at radius 2 is 1.50 bits per heavy atom. The largest absolute Gasteiger partial charge is 0.378 e. The maximum absolute atomic E-state index is 13.2. The van der Waals surface area contributed by atoms with Gasteiger partial charge in [0, 0.05) is 31.0 Å². The number of aryl methyl sites for hydroxylation is 1. The number of nitrogens with zero attached hydrogens (tertiary/aromatic N) is 2. The van der Waals surface area contributed by atoms with Crippen LogP contribution >= 0.6 is 0 Å². The summed E-state index contributed by atoms with van der Waals surface area (Å²) in [6.07, 6.45) is 0.